The van der Waals surface area contributed by atoms with Crippen LogP contribution in [-0.2, 0) is 0 Å². The lowest BCUT2D eigenvalue weighted by Gasteiger charge is -2.31. The zero-order valence-corrected chi connectivity index (χ0v) is 18.1. The number of aliphatic imine (C=N–C) groups is 1. The van der Waals surface area contributed by atoms with Gasteiger partial charge in [-0.05, 0) is 32.0 Å². The van der Waals surface area contributed by atoms with Gasteiger partial charge in [-0.15, -0.1) is 0 Å². The van der Waals surface area contributed by atoms with Crippen molar-refractivity contribution in [1.29, 1.82) is 5.41 Å². The molecule has 2 heterocycles. The Morgan fingerprint density at radius 1 is 1.29 bits per heavy atom. The van der Waals surface area contributed by atoms with Crippen LogP contribution in [0.4, 0.5) is 0 Å². The molecular formula is C19H25Cl2N5OS. The van der Waals surface area contributed by atoms with Crippen LogP contribution in [0, 0.1) is 11.3 Å². The highest BCUT2D eigenvalue weighted by atomic mass is 35.5. The Morgan fingerprint density at radius 3 is 2.82 bits per heavy atom. The standard InChI is InChI=1S/C19H25Cl2N5OS/c1-12-16(27)17(28-14-5-2-4-13(20)15(14)21)18(23)24-19(12)26-8-3-7-25(9-6-22)10-11-26/h2,4-5,12,23,27H,3,6-11,22H2,1H3. The molecule has 0 bridgehead atoms. The maximum Gasteiger partial charge on any atom is 0.164 e. The molecule has 1 saturated heterocycles. The van der Waals surface area contributed by atoms with Crippen LogP contribution in [0.1, 0.15) is 13.3 Å². The number of nitrogens with two attached hydrogens (primary N) is 1. The molecule has 0 saturated carbocycles. The van der Waals surface area contributed by atoms with Gasteiger partial charge in [0.25, 0.3) is 0 Å². The molecule has 0 radical (unpaired) electrons. The lowest BCUT2D eigenvalue weighted by molar-refractivity contribution is 0.291. The Balaban J connectivity index is 1.77. The molecule has 1 aromatic carbocycles. The topological polar surface area (TPSA) is 88.9 Å². The highest BCUT2D eigenvalue weighted by Gasteiger charge is 2.32. The van der Waals surface area contributed by atoms with Crippen LogP contribution in [0.15, 0.2) is 38.8 Å². The van der Waals surface area contributed by atoms with Crippen LogP contribution in [0.5, 0.6) is 0 Å². The third-order valence-electron chi connectivity index (χ3n) is 4.96. The minimum atomic E-state index is -0.282. The Labute approximate surface area is 179 Å². The molecule has 0 aliphatic carbocycles. The average molecular weight is 442 g/mol. The minimum absolute atomic E-state index is 0.0507. The minimum Gasteiger partial charge on any atom is -0.510 e. The second-order valence-corrected chi connectivity index (χ2v) is 8.72. The fourth-order valence-corrected chi connectivity index (χ4v) is 4.89. The fraction of sp³-hybridized carbons (Fsp3) is 0.474. The normalized spacial score (nSPS) is 21.7. The molecule has 9 heteroatoms. The number of halogens is 2. The Hall–Kier alpha value is -1.25. The van der Waals surface area contributed by atoms with E-state index in [1.807, 2.05) is 13.0 Å². The SMILES string of the molecule is CC1C(N2CCCN(CCN)CC2)=NC(=N)C(Sc2cccc(Cl)c2Cl)=C1O. The molecular weight excluding hydrogens is 417 g/mol. The van der Waals surface area contributed by atoms with Gasteiger partial charge in [0.1, 0.15) is 11.6 Å². The molecule has 152 valence electrons. The summed E-state index contributed by atoms with van der Waals surface area (Å²) in [5.41, 5.74) is 5.68. The summed E-state index contributed by atoms with van der Waals surface area (Å²) in [6, 6.07) is 5.32. The third kappa shape index (κ3) is 4.66. The number of aliphatic hydroxyl groups is 1. The highest BCUT2D eigenvalue weighted by molar-refractivity contribution is 8.04. The van der Waals surface area contributed by atoms with Crippen molar-refractivity contribution in [3.05, 3.63) is 38.9 Å². The van der Waals surface area contributed by atoms with Gasteiger partial charge in [-0.2, -0.15) is 0 Å². The first kappa shape index (κ1) is 21.5. The van der Waals surface area contributed by atoms with Gasteiger partial charge in [0.2, 0.25) is 0 Å². The van der Waals surface area contributed by atoms with E-state index in [2.05, 4.69) is 14.8 Å². The lowest BCUT2D eigenvalue weighted by atomic mass is 10.0. The number of amidine groups is 2. The second-order valence-electron chi connectivity index (χ2n) is 6.88. The molecule has 0 amide bonds. The monoisotopic (exact) mass is 441 g/mol. The molecule has 4 N–H and O–H groups in total. The van der Waals surface area contributed by atoms with Gasteiger partial charge >= 0.3 is 0 Å². The first-order chi connectivity index (χ1) is 13.4. The smallest absolute Gasteiger partial charge is 0.164 e. The molecule has 0 spiro atoms. The molecule has 1 aromatic rings. The summed E-state index contributed by atoms with van der Waals surface area (Å²) >= 11 is 13.6. The van der Waals surface area contributed by atoms with Gasteiger partial charge in [0, 0.05) is 37.6 Å². The fourth-order valence-electron chi connectivity index (χ4n) is 3.43. The van der Waals surface area contributed by atoms with Gasteiger partial charge in [-0.1, -0.05) is 41.0 Å². The summed E-state index contributed by atoms with van der Waals surface area (Å²) in [6.07, 6.45) is 1.00. The number of hydrogen-bond acceptors (Lipinski definition) is 6. The van der Waals surface area contributed by atoms with Crippen LogP contribution < -0.4 is 5.73 Å². The Morgan fingerprint density at radius 2 is 2.07 bits per heavy atom. The van der Waals surface area contributed by atoms with Crippen LogP contribution >= 0.6 is 35.0 Å². The average Bonchev–Trinajstić information content (AvgIpc) is 2.91. The van der Waals surface area contributed by atoms with Crippen LogP contribution in [0.3, 0.4) is 0 Å². The number of nitrogens with zero attached hydrogens (tertiary/aromatic N) is 3. The van der Waals surface area contributed by atoms with Gasteiger partial charge in [0.05, 0.1) is 20.9 Å². The predicted octanol–water partition coefficient (Wildman–Crippen LogP) is 3.85. The summed E-state index contributed by atoms with van der Waals surface area (Å²) < 4.78 is 0. The molecule has 0 aromatic heterocycles. The van der Waals surface area contributed by atoms with E-state index in [0.717, 1.165) is 45.0 Å². The zero-order chi connectivity index (χ0) is 20.3. The maximum atomic E-state index is 10.8. The van der Waals surface area contributed by atoms with E-state index in [9.17, 15) is 5.11 Å². The van der Waals surface area contributed by atoms with Crippen LogP contribution in [-0.4, -0.2) is 65.8 Å². The van der Waals surface area contributed by atoms with Gasteiger partial charge in [0.15, 0.2) is 5.84 Å². The largest absolute Gasteiger partial charge is 0.510 e. The molecule has 1 atom stereocenters. The number of nitrogens with one attached hydrogen (secondary N) is 1. The van der Waals surface area contributed by atoms with Gasteiger partial charge in [-0.25, -0.2) is 4.99 Å². The summed E-state index contributed by atoms with van der Waals surface area (Å²) in [5, 5.41) is 20.1. The van der Waals surface area contributed by atoms with Gasteiger partial charge < -0.3 is 20.6 Å². The van der Waals surface area contributed by atoms with Crippen LogP contribution in [0.2, 0.25) is 10.0 Å². The van der Waals surface area contributed by atoms with E-state index < -0.39 is 0 Å². The first-order valence-corrected chi connectivity index (χ1v) is 10.9. The number of hydrogen-bond donors (Lipinski definition) is 3. The van der Waals surface area contributed by atoms with Crippen molar-refractivity contribution in [2.24, 2.45) is 16.6 Å². The van der Waals surface area contributed by atoms with Gasteiger partial charge in [-0.3, -0.25) is 5.41 Å². The molecule has 3 rings (SSSR count). The quantitative estimate of drug-likeness (QED) is 0.659. The van der Waals surface area contributed by atoms with E-state index in [0.29, 0.717) is 26.4 Å². The van der Waals surface area contributed by atoms with Crippen molar-refractivity contribution in [3.8, 4) is 0 Å². The number of dihydropyridines is 1. The molecule has 2 aliphatic rings. The first-order valence-electron chi connectivity index (χ1n) is 9.32. The summed E-state index contributed by atoms with van der Waals surface area (Å²) in [7, 11) is 0. The van der Waals surface area contributed by atoms with E-state index in [1.165, 1.54) is 11.8 Å². The van der Waals surface area contributed by atoms with E-state index in [-0.39, 0.29) is 17.5 Å². The molecule has 1 unspecified atom stereocenters. The number of benzene rings is 1. The highest BCUT2D eigenvalue weighted by Crippen LogP contribution is 2.40. The van der Waals surface area contributed by atoms with Crippen molar-refractivity contribution >= 4 is 46.6 Å². The lowest BCUT2D eigenvalue weighted by Crippen LogP contribution is -2.41. The number of aliphatic hydroxyl groups excluding tert-OH is 1. The number of thioether (sulfide) groups is 1. The second kappa shape index (κ2) is 9.50. The zero-order valence-electron chi connectivity index (χ0n) is 15.8. The van der Waals surface area contributed by atoms with Crippen molar-refractivity contribution < 1.29 is 5.11 Å². The Bertz CT molecular complexity index is 814. The molecule has 2 aliphatic heterocycles. The predicted molar refractivity (Wildman–Crippen MR) is 118 cm³/mol. The Kier molecular flexibility index (Phi) is 7.28. The molecule has 6 nitrogen and oxygen atoms in total. The van der Waals surface area contributed by atoms with E-state index >= 15 is 0 Å². The molecule has 1 fully saturated rings. The van der Waals surface area contributed by atoms with Crippen molar-refractivity contribution in [3.63, 3.8) is 0 Å². The summed E-state index contributed by atoms with van der Waals surface area (Å²) in [4.78, 5) is 10.2. The van der Waals surface area contributed by atoms with Crippen LogP contribution in [0.25, 0.3) is 0 Å². The maximum absolute atomic E-state index is 10.8. The van der Waals surface area contributed by atoms with Crippen molar-refractivity contribution in [1.82, 2.24) is 9.80 Å². The number of rotatable bonds is 4. The van der Waals surface area contributed by atoms with Crippen molar-refractivity contribution in [2.45, 2.75) is 18.2 Å². The van der Waals surface area contributed by atoms with E-state index in [4.69, 9.17) is 34.3 Å². The molecule has 28 heavy (non-hydrogen) atoms. The summed E-state index contributed by atoms with van der Waals surface area (Å²) in [5.74, 6) is 0.670. The van der Waals surface area contributed by atoms with E-state index in [1.54, 1.807) is 12.1 Å². The third-order valence-corrected chi connectivity index (χ3v) is 7.06. The summed E-state index contributed by atoms with van der Waals surface area (Å²) in [6.45, 7) is 7.03. The van der Waals surface area contributed by atoms with Crippen molar-refractivity contribution in [2.75, 3.05) is 39.3 Å².